The molecule has 22 heteroatoms. The second-order valence-corrected chi connectivity index (χ2v) is 26.2. The van der Waals surface area contributed by atoms with Crippen LogP contribution in [0.3, 0.4) is 0 Å². The van der Waals surface area contributed by atoms with E-state index in [0.29, 0.717) is 41.4 Å². The fourth-order valence-electron chi connectivity index (χ4n) is 14.0. The predicted octanol–water partition coefficient (Wildman–Crippen LogP) is 10.7. The van der Waals surface area contributed by atoms with Crippen molar-refractivity contribution >= 4 is 17.1 Å². The summed E-state index contributed by atoms with van der Waals surface area (Å²) in [6.07, 6.45) is 9.80. The van der Waals surface area contributed by atoms with Gasteiger partial charge in [0.2, 0.25) is 5.82 Å². The van der Waals surface area contributed by atoms with E-state index in [4.69, 9.17) is 16.3 Å². The molecule has 0 saturated carbocycles. The van der Waals surface area contributed by atoms with Gasteiger partial charge in [-0.3, -0.25) is 4.57 Å². The number of nitrogens with zero attached hydrogens (tertiary/aromatic N) is 19. The fourth-order valence-corrected chi connectivity index (χ4v) is 14.0. The van der Waals surface area contributed by atoms with Crippen molar-refractivity contribution in [2.75, 3.05) is 82.6 Å². The van der Waals surface area contributed by atoms with Gasteiger partial charge < -0.3 is 44.4 Å². The summed E-state index contributed by atoms with van der Waals surface area (Å²) in [4.78, 5) is 13.9. The van der Waals surface area contributed by atoms with Crippen LogP contribution in [0.5, 0.6) is 0 Å². The monoisotopic (exact) mass is 1270 g/mol. The maximum absolute atomic E-state index is 13.4. The lowest BCUT2D eigenvalue weighted by Crippen LogP contribution is -2.34. The summed E-state index contributed by atoms with van der Waals surface area (Å²) < 4.78 is 25.9. The number of hydrogen-bond acceptors (Lipinski definition) is 15. The van der Waals surface area contributed by atoms with E-state index < -0.39 is 0 Å². The maximum Gasteiger partial charge on any atom is 0.203 e. The van der Waals surface area contributed by atoms with E-state index in [-0.39, 0.29) is 11.9 Å². The number of nitriles is 2. The minimum Gasteiger partial charge on any atom is -0.384 e. The molecule has 17 rings (SSSR count). The zero-order valence-electron chi connectivity index (χ0n) is 54.4. The van der Waals surface area contributed by atoms with Crippen molar-refractivity contribution in [3.05, 3.63) is 210 Å². The molecule has 3 N–H and O–H groups in total. The van der Waals surface area contributed by atoms with E-state index in [1.807, 2.05) is 65.3 Å². The number of nitrogens with two attached hydrogens (primary N) is 1. The highest BCUT2D eigenvalue weighted by Crippen LogP contribution is 2.40. The van der Waals surface area contributed by atoms with Crippen LogP contribution in [0.2, 0.25) is 0 Å². The lowest BCUT2D eigenvalue weighted by Gasteiger charge is -2.23. The molecule has 0 bridgehead atoms. The maximum atomic E-state index is 13.4. The number of benzene rings is 6. The lowest BCUT2D eigenvalue weighted by atomic mass is 10.1. The molecule has 2 fully saturated rings. The highest BCUT2D eigenvalue weighted by molar-refractivity contribution is 5.75. The molecule has 480 valence electrons. The SMILES string of the molecule is CN(C)CCNc1ccc2c(c1)Cn1cc(-c3ccc(C#N)cc3)cc1-c1nnnn1-2.C[C@@H]1CN(c2ccc3c(c2)Cn2cc(-c4ccc(C#N)cc4)cc2-c2nncn2-3)C[C@@H]1N.C[C@@H]1CN(c2ccc3c(c2)Cn2cc(-c4ccc(F)cc4)cc2-c2ncnn2-3)C[C@H]1N(C)C. The number of hydrogen-bond donors (Lipinski definition) is 2. The van der Waals surface area contributed by atoms with Crippen molar-refractivity contribution in [3.63, 3.8) is 0 Å². The molecule has 6 aromatic heterocycles. The van der Waals surface area contributed by atoms with Gasteiger partial charge in [-0.15, -0.1) is 15.3 Å². The molecule has 0 amide bonds. The van der Waals surface area contributed by atoms with Crippen LogP contribution in [0.25, 0.3) is 85.0 Å². The Bertz CT molecular complexity index is 4920. The summed E-state index contributed by atoms with van der Waals surface area (Å²) in [5.74, 6) is 3.24. The number of fused-ring (bicyclic) bond motifs is 15. The average Bonchev–Trinajstić information content (AvgIpc) is 1.62. The number of aromatic nitrogens is 13. The van der Waals surface area contributed by atoms with Crippen LogP contribution >= 0.6 is 0 Å². The van der Waals surface area contributed by atoms with Crippen LogP contribution in [0, 0.1) is 40.3 Å². The van der Waals surface area contributed by atoms with E-state index in [2.05, 4.69) is 225 Å². The molecule has 21 nitrogen and oxygen atoms in total. The molecular weight excluding hydrogens is 1200 g/mol. The highest BCUT2D eigenvalue weighted by atomic mass is 19.1. The summed E-state index contributed by atoms with van der Waals surface area (Å²) in [5, 5.41) is 47.3. The zero-order chi connectivity index (χ0) is 65.9. The van der Waals surface area contributed by atoms with Gasteiger partial charge in [0, 0.05) is 123 Å². The van der Waals surface area contributed by atoms with Gasteiger partial charge >= 0.3 is 0 Å². The summed E-state index contributed by atoms with van der Waals surface area (Å²) in [7, 11) is 8.47. The van der Waals surface area contributed by atoms with Crippen LogP contribution in [-0.4, -0.2) is 153 Å². The second-order valence-electron chi connectivity index (χ2n) is 26.2. The lowest BCUT2D eigenvalue weighted by molar-refractivity contribution is 0.266. The molecule has 96 heavy (non-hydrogen) atoms. The average molecular weight is 1270 g/mol. The summed E-state index contributed by atoms with van der Waals surface area (Å²) in [6, 6.07) is 53.0. The van der Waals surface area contributed by atoms with Gasteiger partial charge in [0.1, 0.15) is 18.5 Å². The molecule has 0 unspecified atom stereocenters. The zero-order valence-corrected chi connectivity index (χ0v) is 54.4. The number of halogens is 1. The first-order chi connectivity index (χ1) is 46.7. The van der Waals surface area contributed by atoms with Crippen molar-refractivity contribution in [2.24, 2.45) is 17.6 Å². The summed E-state index contributed by atoms with van der Waals surface area (Å²) in [6.45, 7) is 12.5. The minimum absolute atomic E-state index is 0.212. The Morgan fingerprint density at radius 2 is 1.09 bits per heavy atom. The van der Waals surface area contributed by atoms with Crippen LogP contribution in [0.15, 0.2) is 177 Å². The Morgan fingerprint density at radius 1 is 0.562 bits per heavy atom. The third-order valence-electron chi connectivity index (χ3n) is 19.3. The number of rotatable bonds is 10. The van der Waals surface area contributed by atoms with E-state index in [0.717, 1.165) is 143 Å². The van der Waals surface area contributed by atoms with Gasteiger partial charge in [0.15, 0.2) is 11.6 Å². The Hall–Kier alpha value is -11.3. The molecule has 0 aliphatic carbocycles. The molecule has 0 spiro atoms. The third-order valence-corrected chi connectivity index (χ3v) is 19.3. The van der Waals surface area contributed by atoms with E-state index in [1.165, 1.54) is 34.6 Å². The number of anilines is 3. The smallest absolute Gasteiger partial charge is 0.203 e. The molecule has 5 aliphatic heterocycles. The van der Waals surface area contributed by atoms with Crippen LogP contribution < -0.4 is 20.9 Å². The molecule has 5 aliphatic rings. The minimum atomic E-state index is -0.228. The Balaban J connectivity index is 0.000000118. The fraction of sp³-hybridized carbons (Fsp3) is 0.257. The van der Waals surface area contributed by atoms with Gasteiger partial charge in [-0.2, -0.15) is 20.3 Å². The number of nitrogens with one attached hydrogen (secondary N) is 1. The van der Waals surface area contributed by atoms with Crippen molar-refractivity contribution in [1.29, 1.82) is 10.5 Å². The van der Waals surface area contributed by atoms with Crippen molar-refractivity contribution in [3.8, 4) is 97.1 Å². The standard InChI is InChI=1S/C26H27FN6.C25H23N7.C23H22N8/c1-17-12-31(15-25(17)30(2)3)22-8-9-23-20(10-22)14-32-13-19(18-4-6-21(27)7-5-18)11-24(32)26-28-16-29-33(23)26;1-16-11-30(14-22(16)27)21-6-7-23-20(8-21)13-31-12-19(18-4-2-17(10-26)3-5-18)9-24(31)25-29-28-15-32(23)25;1-29(2)10-9-25-20-7-8-21-19(11-20)15-30-14-18(17-5-3-16(13-24)4-6-17)12-22(30)23-26-27-28-31(21)23/h4-11,13,16-17,25H,12,14-15H2,1-3H3;2-9,12,15-16,22H,11,13-14,27H2,1H3;3-8,11-12,14,25H,9-10,15H2,1-2H3/t17-,25-;16-,22+;/m11./s1. The molecule has 11 heterocycles. The van der Waals surface area contributed by atoms with Gasteiger partial charge in [-0.1, -0.05) is 50.2 Å². The Kier molecular flexibility index (Phi) is 16.0. The predicted molar refractivity (Wildman–Crippen MR) is 370 cm³/mol. The number of tetrazole rings is 1. The summed E-state index contributed by atoms with van der Waals surface area (Å²) >= 11 is 0. The first-order valence-corrected chi connectivity index (χ1v) is 32.4. The van der Waals surface area contributed by atoms with Crippen molar-refractivity contribution in [2.45, 2.75) is 45.6 Å². The topological polar surface area (TPSA) is 218 Å². The number of likely N-dealkylation sites (N-methyl/N-ethyl adjacent to an activating group) is 2. The highest BCUT2D eigenvalue weighted by Gasteiger charge is 2.33. The second kappa shape index (κ2) is 25.2. The van der Waals surface area contributed by atoms with Crippen LogP contribution in [-0.2, 0) is 19.6 Å². The van der Waals surface area contributed by atoms with Gasteiger partial charge in [-0.05, 0) is 193 Å². The quantitative estimate of drug-likeness (QED) is 0.130. The molecule has 6 aromatic carbocycles. The van der Waals surface area contributed by atoms with Crippen LogP contribution in [0.4, 0.5) is 21.5 Å². The molecule has 12 aromatic rings. The first kappa shape index (κ1) is 60.9. The van der Waals surface area contributed by atoms with Gasteiger partial charge in [-0.25, -0.2) is 14.1 Å². The van der Waals surface area contributed by atoms with Gasteiger partial charge in [0.25, 0.3) is 0 Å². The first-order valence-electron chi connectivity index (χ1n) is 32.4. The molecule has 4 atom stereocenters. The van der Waals surface area contributed by atoms with E-state index in [9.17, 15) is 4.39 Å². The van der Waals surface area contributed by atoms with Crippen molar-refractivity contribution in [1.82, 2.24) is 73.2 Å². The third kappa shape index (κ3) is 11.6. The van der Waals surface area contributed by atoms with E-state index in [1.54, 1.807) is 17.3 Å². The van der Waals surface area contributed by atoms with Crippen molar-refractivity contribution < 1.29 is 4.39 Å². The normalized spacial score (nSPS) is 16.9. The Labute approximate surface area is 555 Å². The molecule has 0 radical (unpaired) electrons. The Morgan fingerprint density at radius 3 is 1.67 bits per heavy atom. The molecular formula is C74H72FN21. The van der Waals surface area contributed by atoms with Gasteiger partial charge in [0.05, 0.1) is 57.4 Å². The largest absolute Gasteiger partial charge is 0.384 e. The summed E-state index contributed by atoms with van der Waals surface area (Å²) in [5.41, 5.74) is 27.2. The molecule has 2 saturated heterocycles. The van der Waals surface area contributed by atoms with E-state index >= 15 is 0 Å². The van der Waals surface area contributed by atoms with Crippen LogP contribution in [0.1, 0.15) is 41.7 Å².